The zero-order valence-corrected chi connectivity index (χ0v) is 21.1. The molecule has 0 aromatic rings. The maximum Gasteiger partial charge on any atom is 2.00 e. The standard InChI is InChI=1S/C5H6F6O2.2C5H10.CHF3O3S.2CH3.V/c6-4(7,8)2(12)1-3(13)5(9,10)11;2*1-2-4-5-3-1;2-1(3,4)8(5,6)7;;;/h2-3,12-13H,1H2;2*1-5H2;(H,5,6,7);2*1H3;/q;;;;2*-1;+2. The second kappa shape index (κ2) is 19.9. The Balaban J connectivity index is -0.000000115. The van der Waals surface area contributed by atoms with E-state index in [4.69, 9.17) is 23.2 Å². The molecule has 34 heavy (non-hydrogen) atoms. The van der Waals surface area contributed by atoms with Gasteiger partial charge in [-0.2, -0.15) is 47.9 Å². The average molecular weight is 583 g/mol. The van der Waals surface area contributed by atoms with Crippen molar-refractivity contribution in [3.05, 3.63) is 14.9 Å². The summed E-state index contributed by atoms with van der Waals surface area (Å²) in [5.74, 6) is 0. The summed E-state index contributed by atoms with van der Waals surface area (Å²) >= 11 is 0. The van der Waals surface area contributed by atoms with Crippen LogP contribution in [0.1, 0.15) is 70.6 Å². The van der Waals surface area contributed by atoms with Gasteiger partial charge in [-0.1, -0.05) is 64.2 Å². The van der Waals surface area contributed by atoms with Crippen molar-refractivity contribution in [2.75, 3.05) is 0 Å². The first-order valence-corrected chi connectivity index (χ1v) is 10.8. The molecule has 2 saturated carbocycles. The van der Waals surface area contributed by atoms with Crippen LogP contribution in [0.4, 0.5) is 39.5 Å². The van der Waals surface area contributed by atoms with Crippen LogP contribution in [0.3, 0.4) is 0 Å². The predicted octanol–water partition coefficient (Wildman–Crippen LogP) is 6.42. The monoisotopic (exact) mass is 583 g/mol. The third kappa shape index (κ3) is 24.9. The van der Waals surface area contributed by atoms with Crippen molar-refractivity contribution in [1.29, 1.82) is 0 Å². The quantitative estimate of drug-likeness (QED) is 0.151. The fourth-order valence-electron chi connectivity index (χ4n) is 2.25. The van der Waals surface area contributed by atoms with E-state index >= 15 is 0 Å². The van der Waals surface area contributed by atoms with Gasteiger partial charge in [0.05, 0.1) is 0 Å². The second-order valence-electron chi connectivity index (χ2n) is 6.81. The Labute approximate surface area is 207 Å². The second-order valence-corrected chi connectivity index (χ2v) is 8.22. The molecule has 3 N–H and O–H groups in total. The average Bonchev–Trinajstić information content (AvgIpc) is 3.30. The first-order chi connectivity index (χ1) is 13.8. The van der Waals surface area contributed by atoms with Gasteiger partial charge in [0, 0.05) is 6.42 Å². The molecule has 0 bridgehead atoms. The van der Waals surface area contributed by atoms with E-state index in [0.717, 1.165) is 0 Å². The largest absolute Gasteiger partial charge is 2.00 e. The molecule has 0 spiro atoms. The Kier molecular flexibility index (Phi) is 25.7. The minimum absolute atomic E-state index is 0. The molecular formula is C18H33F9O5SV. The number of alkyl halides is 9. The molecule has 2 aliphatic rings. The molecule has 0 saturated heterocycles. The van der Waals surface area contributed by atoms with Gasteiger partial charge in [-0.25, -0.2) is 0 Å². The van der Waals surface area contributed by atoms with Gasteiger partial charge in [0.1, 0.15) is 0 Å². The van der Waals surface area contributed by atoms with Crippen LogP contribution in [0.25, 0.3) is 0 Å². The summed E-state index contributed by atoms with van der Waals surface area (Å²) in [5, 5.41) is 16.3. The first kappa shape index (κ1) is 43.8. The van der Waals surface area contributed by atoms with Crippen LogP contribution in [-0.2, 0) is 28.7 Å². The molecule has 2 unspecified atom stereocenters. The number of rotatable bonds is 2. The van der Waals surface area contributed by atoms with Gasteiger partial charge in [0.15, 0.2) is 12.2 Å². The topological polar surface area (TPSA) is 94.8 Å². The molecule has 2 rings (SSSR count). The van der Waals surface area contributed by atoms with E-state index < -0.39 is 46.6 Å². The van der Waals surface area contributed by atoms with Crippen LogP contribution in [0, 0.1) is 14.9 Å². The third-order valence-electron chi connectivity index (χ3n) is 3.99. The molecule has 209 valence electrons. The first-order valence-electron chi connectivity index (χ1n) is 9.33. The Bertz CT molecular complexity index is 516. The van der Waals surface area contributed by atoms with Gasteiger partial charge >= 0.3 is 46.5 Å². The molecule has 16 heteroatoms. The zero-order valence-electron chi connectivity index (χ0n) is 18.8. The zero-order chi connectivity index (χ0) is 24.9. The van der Waals surface area contributed by atoms with Crippen LogP contribution in [0.15, 0.2) is 0 Å². The summed E-state index contributed by atoms with van der Waals surface area (Å²) in [4.78, 5) is 0. The van der Waals surface area contributed by atoms with Crippen LogP contribution in [-0.4, -0.2) is 53.3 Å². The van der Waals surface area contributed by atoms with E-state index in [-0.39, 0.29) is 33.4 Å². The molecule has 0 aromatic carbocycles. The van der Waals surface area contributed by atoms with E-state index in [9.17, 15) is 39.5 Å². The minimum Gasteiger partial charge on any atom is -0.384 e. The Morgan fingerprint density at radius 2 is 0.735 bits per heavy atom. The molecule has 2 aliphatic carbocycles. The summed E-state index contributed by atoms with van der Waals surface area (Å²) in [6, 6.07) is 0. The third-order valence-corrected chi connectivity index (χ3v) is 4.58. The molecule has 0 aliphatic heterocycles. The molecular weight excluding hydrogens is 550 g/mol. The molecule has 2 atom stereocenters. The normalized spacial score (nSPS) is 17.4. The Morgan fingerprint density at radius 3 is 0.824 bits per heavy atom. The molecule has 1 radical (unpaired) electrons. The van der Waals surface area contributed by atoms with E-state index in [2.05, 4.69) is 0 Å². The number of aliphatic hydroxyl groups is 2. The molecule has 2 fully saturated rings. The van der Waals surface area contributed by atoms with E-state index in [1.54, 1.807) is 0 Å². The van der Waals surface area contributed by atoms with Crippen molar-refractivity contribution in [3.8, 4) is 0 Å². The van der Waals surface area contributed by atoms with Crippen LogP contribution < -0.4 is 0 Å². The maximum absolute atomic E-state index is 11.5. The van der Waals surface area contributed by atoms with Gasteiger partial charge in [-0.3, -0.25) is 4.55 Å². The number of hydrogen-bond acceptors (Lipinski definition) is 4. The fraction of sp³-hybridized carbons (Fsp3) is 0.889. The van der Waals surface area contributed by atoms with E-state index in [1.807, 2.05) is 0 Å². The number of halogens is 9. The molecule has 5 nitrogen and oxygen atoms in total. The smallest absolute Gasteiger partial charge is 0.384 e. The Morgan fingerprint density at radius 1 is 0.588 bits per heavy atom. The molecule has 0 amide bonds. The molecule has 0 aromatic heterocycles. The van der Waals surface area contributed by atoms with Crippen LogP contribution in [0.5, 0.6) is 0 Å². The summed E-state index contributed by atoms with van der Waals surface area (Å²) in [5.41, 5.74) is -5.53. The van der Waals surface area contributed by atoms with Crippen molar-refractivity contribution >= 4 is 10.1 Å². The van der Waals surface area contributed by atoms with Crippen molar-refractivity contribution in [2.45, 2.75) is 101 Å². The van der Waals surface area contributed by atoms with Crippen molar-refractivity contribution in [1.82, 2.24) is 0 Å². The van der Waals surface area contributed by atoms with Gasteiger partial charge in [-0.15, -0.1) is 0 Å². The fourth-order valence-corrected chi connectivity index (χ4v) is 2.25. The van der Waals surface area contributed by atoms with E-state index in [0.29, 0.717) is 0 Å². The Hall–Kier alpha value is -0.216. The minimum atomic E-state index is -5.84. The van der Waals surface area contributed by atoms with E-state index in [1.165, 1.54) is 64.2 Å². The summed E-state index contributed by atoms with van der Waals surface area (Å²) in [7, 11) is -5.84. The summed E-state index contributed by atoms with van der Waals surface area (Å²) in [6.07, 6.45) is -3.42. The van der Waals surface area contributed by atoms with Crippen molar-refractivity contribution in [3.63, 3.8) is 0 Å². The number of hydrogen-bond donors (Lipinski definition) is 3. The maximum atomic E-state index is 11.5. The van der Waals surface area contributed by atoms with Crippen molar-refractivity contribution < 1.29 is 81.3 Å². The van der Waals surface area contributed by atoms with Gasteiger partial charge in [0.25, 0.3) is 0 Å². The predicted molar refractivity (Wildman–Crippen MR) is 105 cm³/mol. The van der Waals surface area contributed by atoms with Crippen molar-refractivity contribution in [2.24, 2.45) is 0 Å². The van der Waals surface area contributed by atoms with Crippen LogP contribution >= 0.6 is 0 Å². The number of aliphatic hydroxyl groups excluding tert-OH is 2. The van der Waals surface area contributed by atoms with Gasteiger partial charge < -0.3 is 25.1 Å². The SMILES string of the molecule is C1CCCC1.C1CCCC1.O=S(=O)(O)C(F)(F)F.OC(CC(O)C(F)(F)F)C(F)(F)F.[CH3-].[CH3-].[V+2]. The summed E-state index contributed by atoms with van der Waals surface area (Å²) < 4.78 is 126. The summed E-state index contributed by atoms with van der Waals surface area (Å²) in [6.45, 7) is 0. The molecule has 0 heterocycles. The van der Waals surface area contributed by atoms with Gasteiger partial charge in [0.2, 0.25) is 0 Å². The van der Waals surface area contributed by atoms with Crippen LogP contribution in [0.2, 0.25) is 0 Å². The van der Waals surface area contributed by atoms with Gasteiger partial charge in [-0.05, 0) is 0 Å².